The number of halogens is 1. The van der Waals surface area contributed by atoms with Gasteiger partial charge in [0.25, 0.3) is 0 Å². The lowest BCUT2D eigenvalue weighted by molar-refractivity contribution is -0.390. The highest BCUT2D eigenvalue weighted by Crippen LogP contribution is 2.28. The number of nitrogens with zero attached hydrogens (tertiary/aromatic N) is 3. The highest BCUT2D eigenvalue weighted by Gasteiger charge is 2.32. The first-order valence-electron chi connectivity index (χ1n) is 5.57. The summed E-state index contributed by atoms with van der Waals surface area (Å²) in [5.41, 5.74) is 0. The SMILES string of the molecule is COc1cc(S(=O)(=O)n2c([N+](=O)[O-])cnc2C)ccc1I. The van der Waals surface area contributed by atoms with Crippen molar-refractivity contribution in [1.82, 2.24) is 8.96 Å². The predicted molar refractivity (Wildman–Crippen MR) is 81.9 cm³/mol. The third-order valence-corrected chi connectivity index (χ3v) is 5.39. The van der Waals surface area contributed by atoms with Crippen molar-refractivity contribution >= 4 is 38.4 Å². The number of methoxy groups -OCH3 is 1. The molecule has 0 saturated heterocycles. The highest BCUT2D eigenvalue weighted by molar-refractivity contribution is 14.1. The second-order valence-corrected chi connectivity index (χ2v) is 6.94. The van der Waals surface area contributed by atoms with Gasteiger partial charge in [-0.3, -0.25) is 0 Å². The van der Waals surface area contributed by atoms with Gasteiger partial charge in [-0.25, -0.2) is 4.98 Å². The molecule has 112 valence electrons. The van der Waals surface area contributed by atoms with Crippen molar-refractivity contribution < 1.29 is 18.1 Å². The maximum atomic E-state index is 12.6. The van der Waals surface area contributed by atoms with E-state index in [1.54, 1.807) is 6.07 Å². The molecule has 8 nitrogen and oxygen atoms in total. The predicted octanol–water partition coefficient (Wildman–Crippen LogP) is 1.95. The number of hydrogen-bond donors (Lipinski definition) is 0. The Balaban J connectivity index is 2.68. The molecule has 1 aromatic heterocycles. The zero-order valence-corrected chi connectivity index (χ0v) is 14.0. The summed E-state index contributed by atoms with van der Waals surface area (Å²) >= 11 is 2.00. The van der Waals surface area contributed by atoms with Crippen molar-refractivity contribution in [3.63, 3.8) is 0 Å². The zero-order valence-electron chi connectivity index (χ0n) is 11.0. The Morgan fingerprint density at radius 3 is 2.67 bits per heavy atom. The number of aromatic nitrogens is 2. The summed E-state index contributed by atoms with van der Waals surface area (Å²) in [5.74, 6) is -0.221. The van der Waals surface area contributed by atoms with Crippen LogP contribution in [0.3, 0.4) is 0 Å². The molecule has 0 aliphatic heterocycles. The fourth-order valence-corrected chi connectivity index (χ4v) is 3.76. The van der Waals surface area contributed by atoms with Gasteiger partial charge in [-0.05, 0) is 39.6 Å². The maximum Gasteiger partial charge on any atom is 0.358 e. The third-order valence-electron chi connectivity index (χ3n) is 2.72. The molecule has 0 atom stereocenters. The van der Waals surface area contributed by atoms with E-state index in [1.807, 2.05) is 22.6 Å². The molecular formula is C11H10IN3O5S. The van der Waals surface area contributed by atoms with Crippen LogP contribution in [0.4, 0.5) is 5.82 Å². The van der Waals surface area contributed by atoms with Gasteiger partial charge in [0.15, 0.2) is 0 Å². The number of imidazole rings is 1. The molecule has 0 radical (unpaired) electrons. The molecule has 0 amide bonds. The van der Waals surface area contributed by atoms with Gasteiger partial charge in [0.05, 0.1) is 10.7 Å². The van der Waals surface area contributed by atoms with Crippen LogP contribution in [0.5, 0.6) is 5.75 Å². The normalized spacial score (nSPS) is 11.4. The molecule has 0 N–H and O–H groups in total. The maximum absolute atomic E-state index is 12.6. The van der Waals surface area contributed by atoms with Gasteiger partial charge in [-0.2, -0.15) is 8.42 Å². The largest absolute Gasteiger partial charge is 0.496 e. The fraction of sp³-hybridized carbons (Fsp3) is 0.182. The summed E-state index contributed by atoms with van der Waals surface area (Å²) in [7, 11) is -2.71. The summed E-state index contributed by atoms with van der Waals surface area (Å²) in [6.45, 7) is 1.38. The summed E-state index contributed by atoms with van der Waals surface area (Å²) in [6, 6.07) is 4.24. The van der Waals surface area contributed by atoms with Gasteiger partial charge < -0.3 is 14.9 Å². The van der Waals surface area contributed by atoms with E-state index in [-0.39, 0.29) is 10.7 Å². The van der Waals surface area contributed by atoms with Crippen molar-refractivity contribution in [3.8, 4) is 5.75 Å². The Labute approximate surface area is 134 Å². The highest BCUT2D eigenvalue weighted by atomic mass is 127. The number of nitro groups is 1. The molecule has 0 unspecified atom stereocenters. The lowest BCUT2D eigenvalue weighted by Gasteiger charge is -2.07. The van der Waals surface area contributed by atoms with Crippen LogP contribution in [0.1, 0.15) is 5.82 Å². The molecule has 0 saturated carbocycles. The smallest absolute Gasteiger partial charge is 0.358 e. The molecule has 0 aliphatic carbocycles. The molecular weight excluding hydrogens is 413 g/mol. The van der Waals surface area contributed by atoms with E-state index in [9.17, 15) is 18.5 Å². The minimum atomic E-state index is -4.12. The van der Waals surface area contributed by atoms with E-state index in [4.69, 9.17) is 4.74 Å². The van der Waals surface area contributed by atoms with Crippen LogP contribution < -0.4 is 4.74 Å². The van der Waals surface area contributed by atoms with Crippen LogP contribution >= 0.6 is 22.6 Å². The van der Waals surface area contributed by atoms with Crippen LogP contribution in [0.25, 0.3) is 0 Å². The average molecular weight is 423 g/mol. The Bertz CT molecular complexity index is 815. The lowest BCUT2D eigenvalue weighted by atomic mass is 10.3. The average Bonchev–Trinajstić information content (AvgIpc) is 2.81. The molecule has 1 aromatic carbocycles. The van der Waals surface area contributed by atoms with Crippen molar-refractivity contribution in [2.45, 2.75) is 11.8 Å². The molecule has 2 aromatic rings. The van der Waals surface area contributed by atoms with Gasteiger partial charge in [-0.15, -0.1) is 0 Å². The second-order valence-electron chi connectivity index (χ2n) is 3.99. The fourth-order valence-electron chi connectivity index (χ4n) is 1.75. The summed E-state index contributed by atoms with van der Waals surface area (Å²) in [6.07, 6.45) is 0.914. The zero-order chi connectivity index (χ0) is 15.8. The van der Waals surface area contributed by atoms with E-state index in [2.05, 4.69) is 4.98 Å². The Kier molecular flexibility index (Phi) is 4.18. The van der Waals surface area contributed by atoms with Gasteiger partial charge in [0.2, 0.25) is 5.82 Å². The van der Waals surface area contributed by atoms with Crippen molar-refractivity contribution in [2.75, 3.05) is 7.11 Å². The van der Waals surface area contributed by atoms with Crippen LogP contribution in [-0.2, 0) is 10.0 Å². The molecule has 0 fully saturated rings. The number of ether oxygens (including phenoxy) is 1. The minimum absolute atomic E-state index is 0.0132. The van der Waals surface area contributed by atoms with Crippen LogP contribution in [-0.4, -0.2) is 29.4 Å². The summed E-state index contributed by atoms with van der Waals surface area (Å²) in [5, 5.41) is 10.9. The first-order valence-corrected chi connectivity index (χ1v) is 8.08. The number of benzene rings is 1. The van der Waals surface area contributed by atoms with Gasteiger partial charge in [-0.1, -0.05) is 3.97 Å². The van der Waals surface area contributed by atoms with E-state index < -0.39 is 20.8 Å². The van der Waals surface area contributed by atoms with E-state index in [0.717, 1.165) is 9.77 Å². The van der Waals surface area contributed by atoms with Crippen molar-refractivity contribution in [3.05, 3.63) is 43.9 Å². The minimum Gasteiger partial charge on any atom is -0.496 e. The van der Waals surface area contributed by atoms with Crippen LogP contribution in [0.15, 0.2) is 29.3 Å². The first-order chi connectivity index (χ1) is 9.78. The van der Waals surface area contributed by atoms with Gasteiger partial charge >= 0.3 is 15.8 Å². The van der Waals surface area contributed by atoms with Crippen LogP contribution in [0, 0.1) is 20.6 Å². The molecule has 0 aliphatic rings. The molecule has 2 rings (SSSR count). The Morgan fingerprint density at radius 2 is 2.10 bits per heavy atom. The first kappa shape index (κ1) is 15.7. The summed E-state index contributed by atoms with van der Waals surface area (Å²) in [4.78, 5) is 13.7. The van der Waals surface area contributed by atoms with E-state index in [0.29, 0.717) is 9.72 Å². The number of aryl methyl sites for hydroxylation is 1. The van der Waals surface area contributed by atoms with E-state index >= 15 is 0 Å². The van der Waals surface area contributed by atoms with Crippen LogP contribution in [0.2, 0.25) is 0 Å². The second kappa shape index (κ2) is 5.60. The monoisotopic (exact) mass is 423 g/mol. The van der Waals surface area contributed by atoms with Gasteiger partial charge in [0, 0.05) is 13.0 Å². The molecule has 1 heterocycles. The van der Waals surface area contributed by atoms with Crippen molar-refractivity contribution in [1.29, 1.82) is 0 Å². The Hall–Kier alpha value is -1.69. The van der Waals surface area contributed by atoms with Crippen molar-refractivity contribution in [2.24, 2.45) is 0 Å². The topological polar surface area (TPSA) is 104 Å². The lowest BCUT2D eigenvalue weighted by Crippen LogP contribution is -2.17. The molecule has 0 spiro atoms. The molecule has 21 heavy (non-hydrogen) atoms. The van der Waals surface area contributed by atoms with Gasteiger partial charge in [0.1, 0.15) is 16.8 Å². The molecule has 0 bridgehead atoms. The number of hydrogen-bond acceptors (Lipinski definition) is 6. The molecule has 10 heteroatoms. The standard InChI is InChI=1S/C11H10IN3O5S/c1-7-13-6-11(15(16)17)14(7)21(18,19)8-3-4-9(12)10(5-8)20-2/h3-6H,1-2H3. The quantitative estimate of drug-likeness (QED) is 0.423. The third kappa shape index (κ3) is 2.72. The summed E-state index contributed by atoms with van der Waals surface area (Å²) < 4.78 is 31.6. The Morgan fingerprint density at radius 1 is 1.43 bits per heavy atom. The van der Waals surface area contributed by atoms with E-state index in [1.165, 1.54) is 26.2 Å². The number of rotatable bonds is 4.